The van der Waals surface area contributed by atoms with Gasteiger partial charge in [0.15, 0.2) is 5.78 Å². The van der Waals surface area contributed by atoms with Crippen molar-refractivity contribution < 1.29 is 19.1 Å². The van der Waals surface area contributed by atoms with Crippen LogP contribution in [0.3, 0.4) is 0 Å². The minimum absolute atomic E-state index is 0.00963. The fourth-order valence-electron chi connectivity index (χ4n) is 3.50. The van der Waals surface area contributed by atoms with Gasteiger partial charge in [0.25, 0.3) is 0 Å². The van der Waals surface area contributed by atoms with Crippen LogP contribution in [0, 0.1) is 13.8 Å². The van der Waals surface area contributed by atoms with Gasteiger partial charge in [0.1, 0.15) is 6.61 Å². The van der Waals surface area contributed by atoms with E-state index in [1.54, 1.807) is 21.4 Å². The van der Waals surface area contributed by atoms with Gasteiger partial charge in [-0.2, -0.15) is 5.10 Å². The van der Waals surface area contributed by atoms with E-state index in [1.165, 1.54) is 6.92 Å². The Bertz CT molecular complexity index is 696. The summed E-state index contributed by atoms with van der Waals surface area (Å²) in [5.41, 5.74) is 2.13. The minimum Gasteiger partial charge on any atom is -0.447 e. The lowest BCUT2D eigenvalue weighted by molar-refractivity contribution is -0.133. The number of hydrogen-bond donors (Lipinski definition) is 0. The number of amides is 2. The van der Waals surface area contributed by atoms with Crippen LogP contribution in [0.5, 0.6) is 0 Å². The summed E-state index contributed by atoms with van der Waals surface area (Å²) >= 11 is 0. The Morgan fingerprint density at radius 1 is 1.29 bits per heavy atom. The summed E-state index contributed by atoms with van der Waals surface area (Å²) in [6, 6.07) is -0.0341. The molecule has 1 atom stereocenters. The number of hydrogen-bond acceptors (Lipinski definition) is 5. The summed E-state index contributed by atoms with van der Waals surface area (Å²) in [5, 5.41) is 4.36. The van der Waals surface area contributed by atoms with E-state index in [4.69, 9.17) is 4.74 Å². The van der Waals surface area contributed by atoms with E-state index in [0.717, 1.165) is 5.69 Å². The number of Topliss-reactive ketones (excluding diaryl/α,β-unsaturated/α-hetero) is 1. The molecule has 3 rings (SSSR count). The normalized spacial score (nSPS) is 20.1. The van der Waals surface area contributed by atoms with Crippen LogP contribution >= 0.6 is 0 Å². The molecule has 0 radical (unpaired) electrons. The van der Waals surface area contributed by atoms with Crippen LogP contribution in [-0.4, -0.2) is 69.6 Å². The van der Waals surface area contributed by atoms with Gasteiger partial charge in [0.2, 0.25) is 5.91 Å². The average Bonchev–Trinajstić information content (AvgIpc) is 3.04. The number of fused-ring (bicyclic) bond motifs is 1. The summed E-state index contributed by atoms with van der Waals surface area (Å²) in [7, 11) is 0. The van der Waals surface area contributed by atoms with E-state index in [1.807, 2.05) is 6.92 Å². The first kappa shape index (κ1) is 16.5. The molecule has 2 amide bonds. The van der Waals surface area contributed by atoms with Crippen molar-refractivity contribution in [2.45, 2.75) is 39.8 Å². The number of carbonyl (C=O) groups is 3. The fraction of sp³-hybridized carbons (Fsp3) is 0.625. The van der Waals surface area contributed by atoms with E-state index in [-0.39, 0.29) is 23.8 Å². The number of ether oxygens (including phenoxy) is 1. The Kier molecular flexibility index (Phi) is 4.29. The zero-order chi connectivity index (χ0) is 17.4. The highest BCUT2D eigenvalue weighted by Gasteiger charge is 2.38. The van der Waals surface area contributed by atoms with Crippen molar-refractivity contribution in [3.05, 3.63) is 17.0 Å². The molecule has 0 aromatic carbocycles. The molecular weight excluding hydrogens is 312 g/mol. The van der Waals surface area contributed by atoms with E-state index in [0.29, 0.717) is 50.5 Å². The van der Waals surface area contributed by atoms with Crippen LogP contribution in [-0.2, 0) is 16.1 Å². The Balaban J connectivity index is 1.59. The van der Waals surface area contributed by atoms with Gasteiger partial charge in [0.05, 0.1) is 17.3 Å². The van der Waals surface area contributed by atoms with Gasteiger partial charge in [-0.1, -0.05) is 0 Å². The molecule has 2 fully saturated rings. The first-order valence-corrected chi connectivity index (χ1v) is 8.14. The first-order chi connectivity index (χ1) is 11.4. The van der Waals surface area contributed by atoms with Crippen molar-refractivity contribution in [3.8, 4) is 0 Å². The van der Waals surface area contributed by atoms with Crippen molar-refractivity contribution in [3.63, 3.8) is 0 Å². The molecule has 24 heavy (non-hydrogen) atoms. The van der Waals surface area contributed by atoms with Gasteiger partial charge in [0, 0.05) is 38.3 Å². The Labute approximate surface area is 140 Å². The smallest absolute Gasteiger partial charge is 0.410 e. The van der Waals surface area contributed by atoms with Gasteiger partial charge in [-0.05, 0) is 20.8 Å². The first-order valence-electron chi connectivity index (χ1n) is 8.14. The quantitative estimate of drug-likeness (QED) is 0.759. The summed E-state index contributed by atoms with van der Waals surface area (Å²) in [6.45, 7) is 7.53. The maximum atomic E-state index is 12.5. The van der Waals surface area contributed by atoms with Crippen LogP contribution in [0.2, 0.25) is 0 Å². The van der Waals surface area contributed by atoms with Crippen LogP contribution < -0.4 is 0 Å². The molecule has 1 aromatic rings. The number of aryl methyl sites for hydroxylation is 2. The molecule has 2 aliphatic heterocycles. The highest BCUT2D eigenvalue weighted by atomic mass is 16.6. The third-order valence-corrected chi connectivity index (χ3v) is 4.74. The molecule has 0 bridgehead atoms. The van der Waals surface area contributed by atoms with E-state index in [9.17, 15) is 14.4 Å². The molecule has 2 aliphatic rings. The van der Waals surface area contributed by atoms with Crippen LogP contribution in [0.1, 0.15) is 35.1 Å². The zero-order valence-electron chi connectivity index (χ0n) is 14.2. The number of carbonyl (C=O) groups excluding carboxylic acids is 3. The van der Waals surface area contributed by atoms with E-state index < -0.39 is 0 Å². The van der Waals surface area contributed by atoms with Crippen LogP contribution in [0.4, 0.5) is 4.79 Å². The molecule has 1 aromatic heterocycles. The van der Waals surface area contributed by atoms with Crippen molar-refractivity contribution in [1.82, 2.24) is 19.6 Å². The van der Waals surface area contributed by atoms with Gasteiger partial charge in [-0.15, -0.1) is 0 Å². The van der Waals surface area contributed by atoms with Crippen LogP contribution in [0.25, 0.3) is 0 Å². The average molecular weight is 334 g/mol. The summed E-state index contributed by atoms with van der Waals surface area (Å²) in [6.07, 6.45) is 0.0346. The lowest BCUT2D eigenvalue weighted by Crippen LogP contribution is -2.53. The number of cyclic esters (lactones) is 1. The monoisotopic (exact) mass is 334 g/mol. The molecule has 0 N–H and O–H groups in total. The number of nitrogens with zero attached hydrogens (tertiary/aromatic N) is 4. The molecule has 0 saturated carbocycles. The van der Waals surface area contributed by atoms with E-state index >= 15 is 0 Å². The lowest BCUT2D eigenvalue weighted by atomic mass is 10.1. The second kappa shape index (κ2) is 6.26. The largest absolute Gasteiger partial charge is 0.447 e. The number of piperazine rings is 1. The van der Waals surface area contributed by atoms with Crippen molar-refractivity contribution in [2.24, 2.45) is 0 Å². The molecule has 2 saturated heterocycles. The van der Waals surface area contributed by atoms with Crippen LogP contribution in [0.15, 0.2) is 0 Å². The number of ketones is 1. The van der Waals surface area contributed by atoms with Gasteiger partial charge < -0.3 is 9.64 Å². The maximum absolute atomic E-state index is 12.5. The van der Waals surface area contributed by atoms with Gasteiger partial charge in [-0.3, -0.25) is 19.2 Å². The number of rotatable bonds is 4. The molecule has 1 unspecified atom stereocenters. The predicted octanol–water partition coefficient (Wildman–Crippen LogP) is 0.756. The molecule has 8 heteroatoms. The number of aromatic nitrogens is 2. The molecule has 0 spiro atoms. The highest BCUT2D eigenvalue weighted by Crippen LogP contribution is 2.19. The zero-order valence-corrected chi connectivity index (χ0v) is 14.2. The Hall–Kier alpha value is -2.38. The van der Waals surface area contributed by atoms with Gasteiger partial charge in [-0.25, -0.2) is 4.79 Å². The van der Waals surface area contributed by atoms with Crippen molar-refractivity contribution in [1.29, 1.82) is 0 Å². The highest BCUT2D eigenvalue weighted by molar-refractivity contribution is 5.96. The van der Waals surface area contributed by atoms with Crippen molar-refractivity contribution in [2.75, 3.05) is 26.2 Å². The Morgan fingerprint density at radius 3 is 2.71 bits per heavy atom. The standard InChI is InChI=1S/C16H22N4O4/c1-10-15(12(3)21)11(2)20(17-10)5-4-14(22)18-6-7-19-13(8-18)9-24-16(19)23/h13H,4-9H2,1-3H3. The SMILES string of the molecule is CC(=O)c1c(C)nn(CCC(=O)N2CCN3C(=O)OCC3C2)c1C. The third kappa shape index (κ3) is 2.88. The predicted molar refractivity (Wildman–Crippen MR) is 84.7 cm³/mol. The third-order valence-electron chi connectivity index (χ3n) is 4.74. The molecular formula is C16H22N4O4. The molecule has 0 aliphatic carbocycles. The second-order valence-electron chi connectivity index (χ2n) is 6.34. The lowest BCUT2D eigenvalue weighted by Gasteiger charge is -2.35. The molecule has 8 nitrogen and oxygen atoms in total. The summed E-state index contributed by atoms with van der Waals surface area (Å²) < 4.78 is 6.74. The maximum Gasteiger partial charge on any atom is 0.410 e. The fourth-order valence-corrected chi connectivity index (χ4v) is 3.50. The topological polar surface area (TPSA) is 84.7 Å². The van der Waals surface area contributed by atoms with E-state index in [2.05, 4.69) is 5.10 Å². The van der Waals surface area contributed by atoms with Crippen molar-refractivity contribution >= 4 is 17.8 Å². The van der Waals surface area contributed by atoms with Gasteiger partial charge >= 0.3 is 6.09 Å². The summed E-state index contributed by atoms with van der Waals surface area (Å²) in [5.74, 6) is 0.0236. The second-order valence-corrected chi connectivity index (χ2v) is 6.34. The summed E-state index contributed by atoms with van der Waals surface area (Å²) in [4.78, 5) is 39.0. The minimum atomic E-state index is -0.286. The Morgan fingerprint density at radius 2 is 2.04 bits per heavy atom. The molecule has 3 heterocycles. The molecule has 130 valence electrons.